The molecule has 2 nitrogen and oxygen atoms in total. The summed E-state index contributed by atoms with van der Waals surface area (Å²) in [4.78, 5) is 2.27. The number of hydrogen-bond donors (Lipinski definition) is 1. The molecule has 0 spiro atoms. The number of benzene rings is 2. The van der Waals surface area contributed by atoms with Gasteiger partial charge in [0, 0.05) is 6.04 Å². The van der Waals surface area contributed by atoms with E-state index >= 15 is 0 Å². The molecule has 140 valence electrons. The quantitative estimate of drug-likeness (QED) is 0.706. The monoisotopic (exact) mass is 370 g/mol. The summed E-state index contributed by atoms with van der Waals surface area (Å²) in [6.07, 6.45) is 11.1. The molecule has 0 amide bonds. The molecule has 1 unspecified atom stereocenters. The van der Waals surface area contributed by atoms with Gasteiger partial charge in [-0.05, 0) is 55.9 Å². The van der Waals surface area contributed by atoms with Crippen molar-refractivity contribution in [3.8, 4) is 0 Å². The van der Waals surface area contributed by atoms with Crippen molar-refractivity contribution < 1.29 is 0 Å². The van der Waals surface area contributed by atoms with Crippen LogP contribution in [-0.4, -0.2) is 25.0 Å². The standard InChI is InChI=1S/C23H30N2.ClH/c1-25(2)23(20-9-5-3-6-10-20)21-15-13-19(14-16-21)17-18-24-22-11-7-4-8-12-22;/h3,5-6,9-10,13-18,22-24H,4,7-8,11-12H2,1-2H3;1H. The van der Waals surface area contributed by atoms with Gasteiger partial charge >= 0.3 is 0 Å². The van der Waals surface area contributed by atoms with Crippen molar-refractivity contribution in [1.29, 1.82) is 0 Å². The smallest absolute Gasteiger partial charge is 0.0596 e. The van der Waals surface area contributed by atoms with E-state index in [1.807, 2.05) is 0 Å². The first-order valence-electron chi connectivity index (χ1n) is 9.48. The lowest BCUT2D eigenvalue weighted by atomic mass is 9.95. The summed E-state index contributed by atoms with van der Waals surface area (Å²) in [5.41, 5.74) is 3.90. The highest BCUT2D eigenvalue weighted by Crippen LogP contribution is 2.26. The van der Waals surface area contributed by atoms with Gasteiger partial charge < -0.3 is 5.32 Å². The van der Waals surface area contributed by atoms with Crippen LogP contribution in [-0.2, 0) is 0 Å². The van der Waals surface area contributed by atoms with E-state index < -0.39 is 0 Å². The van der Waals surface area contributed by atoms with E-state index in [1.165, 1.54) is 48.8 Å². The molecule has 1 N–H and O–H groups in total. The fourth-order valence-corrected chi connectivity index (χ4v) is 3.76. The van der Waals surface area contributed by atoms with Crippen molar-refractivity contribution in [2.45, 2.75) is 44.2 Å². The predicted octanol–water partition coefficient (Wildman–Crippen LogP) is 5.65. The average Bonchev–Trinajstić information content (AvgIpc) is 2.65. The molecule has 3 heteroatoms. The molecule has 1 saturated carbocycles. The van der Waals surface area contributed by atoms with Crippen molar-refractivity contribution in [3.63, 3.8) is 0 Å². The van der Waals surface area contributed by atoms with E-state index in [0.29, 0.717) is 12.1 Å². The predicted molar refractivity (Wildman–Crippen MR) is 115 cm³/mol. The van der Waals surface area contributed by atoms with Crippen molar-refractivity contribution in [1.82, 2.24) is 10.2 Å². The number of rotatable bonds is 6. The Morgan fingerprint density at radius 2 is 1.50 bits per heavy atom. The topological polar surface area (TPSA) is 15.3 Å². The normalized spacial score (nSPS) is 16.4. The van der Waals surface area contributed by atoms with Crippen molar-refractivity contribution in [2.24, 2.45) is 0 Å². The summed E-state index contributed by atoms with van der Waals surface area (Å²) in [6.45, 7) is 0. The van der Waals surface area contributed by atoms with Crippen LogP contribution in [0.5, 0.6) is 0 Å². The number of halogens is 1. The average molecular weight is 371 g/mol. The second-order valence-corrected chi connectivity index (χ2v) is 7.28. The maximum absolute atomic E-state index is 3.56. The SMILES string of the molecule is CN(C)C(c1ccccc1)c1ccc(C=CNC2CCCCC2)cc1.Cl. The van der Waals surface area contributed by atoms with E-state index in [-0.39, 0.29) is 12.4 Å². The molecule has 2 aromatic carbocycles. The van der Waals surface area contributed by atoms with Gasteiger partial charge in [-0.25, -0.2) is 0 Å². The third kappa shape index (κ3) is 5.62. The molecule has 1 fully saturated rings. The highest BCUT2D eigenvalue weighted by atomic mass is 35.5. The molecule has 3 rings (SSSR count). The number of hydrogen-bond acceptors (Lipinski definition) is 2. The van der Waals surface area contributed by atoms with Crippen LogP contribution in [0, 0.1) is 0 Å². The van der Waals surface area contributed by atoms with Gasteiger partial charge in [-0.1, -0.05) is 73.9 Å². The Labute approximate surface area is 164 Å². The molecule has 0 saturated heterocycles. The third-order valence-corrected chi connectivity index (χ3v) is 5.10. The first kappa shape index (κ1) is 20.5. The van der Waals surface area contributed by atoms with Crippen LogP contribution in [0.3, 0.4) is 0 Å². The van der Waals surface area contributed by atoms with Gasteiger partial charge in [-0.2, -0.15) is 0 Å². The zero-order valence-corrected chi connectivity index (χ0v) is 16.7. The second-order valence-electron chi connectivity index (χ2n) is 7.28. The van der Waals surface area contributed by atoms with Gasteiger partial charge in [0.25, 0.3) is 0 Å². The Kier molecular flexibility index (Phi) is 8.21. The minimum absolute atomic E-state index is 0. The van der Waals surface area contributed by atoms with Gasteiger partial charge in [-0.3, -0.25) is 4.90 Å². The Bertz CT molecular complexity index is 658. The third-order valence-electron chi connectivity index (χ3n) is 5.10. The van der Waals surface area contributed by atoms with Crippen molar-refractivity contribution in [2.75, 3.05) is 14.1 Å². The molecule has 0 bridgehead atoms. The van der Waals surface area contributed by atoms with Crippen LogP contribution in [0.1, 0.15) is 54.8 Å². The van der Waals surface area contributed by atoms with Gasteiger partial charge in [-0.15, -0.1) is 12.4 Å². The van der Waals surface area contributed by atoms with Gasteiger partial charge in [0.2, 0.25) is 0 Å². The van der Waals surface area contributed by atoms with Crippen molar-refractivity contribution in [3.05, 3.63) is 77.5 Å². The Hall–Kier alpha value is -1.77. The largest absolute Gasteiger partial charge is 0.388 e. The summed E-state index contributed by atoms with van der Waals surface area (Å²) in [5.74, 6) is 0. The Balaban J connectivity index is 0.00000243. The maximum atomic E-state index is 3.56. The Morgan fingerprint density at radius 3 is 2.12 bits per heavy atom. The minimum Gasteiger partial charge on any atom is -0.388 e. The molecule has 0 heterocycles. The van der Waals surface area contributed by atoms with Crippen LogP contribution in [0.25, 0.3) is 6.08 Å². The van der Waals surface area contributed by atoms with Gasteiger partial charge in [0.15, 0.2) is 0 Å². The molecule has 1 aliphatic rings. The number of nitrogens with zero attached hydrogens (tertiary/aromatic N) is 1. The molecule has 0 radical (unpaired) electrons. The molecule has 0 aromatic heterocycles. The molecule has 26 heavy (non-hydrogen) atoms. The van der Waals surface area contributed by atoms with Crippen LogP contribution >= 0.6 is 12.4 Å². The van der Waals surface area contributed by atoms with Crippen molar-refractivity contribution >= 4 is 18.5 Å². The summed E-state index contributed by atoms with van der Waals surface area (Å²) in [6, 6.07) is 20.6. The number of nitrogens with one attached hydrogen (secondary N) is 1. The maximum Gasteiger partial charge on any atom is 0.0596 e. The molecular formula is C23H31ClN2. The highest BCUT2D eigenvalue weighted by molar-refractivity contribution is 5.85. The van der Waals surface area contributed by atoms with Gasteiger partial charge in [0.1, 0.15) is 0 Å². The molecule has 1 aliphatic carbocycles. The van der Waals surface area contributed by atoms with Crippen LogP contribution in [0.15, 0.2) is 60.8 Å². The lowest BCUT2D eigenvalue weighted by molar-refractivity contribution is 0.342. The highest BCUT2D eigenvalue weighted by Gasteiger charge is 2.15. The fraction of sp³-hybridized carbons (Fsp3) is 0.391. The van der Waals surface area contributed by atoms with Gasteiger partial charge in [0.05, 0.1) is 6.04 Å². The fourth-order valence-electron chi connectivity index (χ4n) is 3.76. The van der Waals surface area contributed by atoms with Crippen LogP contribution in [0.4, 0.5) is 0 Å². The summed E-state index contributed by atoms with van der Waals surface area (Å²) >= 11 is 0. The zero-order valence-electron chi connectivity index (χ0n) is 15.9. The first-order valence-corrected chi connectivity index (χ1v) is 9.48. The minimum atomic E-state index is 0. The van der Waals surface area contributed by atoms with E-state index in [0.717, 1.165) is 0 Å². The zero-order chi connectivity index (χ0) is 17.5. The molecule has 0 aliphatic heterocycles. The van der Waals surface area contributed by atoms with E-state index in [9.17, 15) is 0 Å². The summed E-state index contributed by atoms with van der Waals surface area (Å²) in [5, 5.41) is 3.56. The Morgan fingerprint density at radius 1 is 0.885 bits per heavy atom. The molecule has 2 aromatic rings. The first-order chi connectivity index (χ1) is 12.2. The molecule has 1 atom stereocenters. The van der Waals surface area contributed by atoms with Crippen LogP contribution in [0.2, 0.25) is 0 Å². The lowest BCUT2D eigenvalue weighted by Crippen LogP contribution is -2.26. The van der Waals surface area contributed by atoms with E-state index in [2.05, 4.69) is 91.2 Å². The lowest BCUT2D eigenvalue weighted by Gasteiger charge is -2.25. The summed E-state index contributed by atoms with van der Waals surface area (Å²) < 4.78 is 0. The second kappa shape index (κ2) is 10.4. The van der Waals surface area contributed by atoms with E-state index in [4.69, 9.17) is 0 Å². The summed E-state index contributed by atoms with van der Waals surface area (Å²) in [7, 11) is 4.28. The van der Waals surface area contributed by atoms with Crippen LogP contribution < -0.4 is 5.32 Å². The molecular weight excluding hydrogens is 340 g/mol. The van der Waals surface area contributed by atoms with E-state index in [1.54, 1.807) is 0 Å².